The first-order valence-electron chi connectivity index (χ1n) is 24.1. The predicted molar refractivity (Wildman–Crippen MR) is 259 cm³/mol. The second kappa shape index (κ2) is 36.9. The van der Waals surface area contributed by atoms with Crippen molar-refractivity contribution in [2.24, 2.45) is 0 Å². The molecule has 64 heavy (non-hydrogen) atoms. The van der Waals surface area contributed by atoms with E-state index in [-0.39, 0.29) is 32.5 Å². The highest BCUT2D eigenvalue weighted by Crippen LogP contribution is 2.38. The Kier molecular flexibility index (Phi) is 33.8. The van der Waals surface area contributed by atoms with E-state index in [1.54, 1.807) is 12.2 Å². The van der Waals surface area contributed by atoms with Gasteiger partial charge in [0.1, 0.15) is 31.3 Å². The number of nitrogens with zero attached hydrogens (tertiary/aromatic N) is 1. The van der Waals surface area contributed by atoms with Crippen LogP contribution >= 0.6 is 7.82 Å². The first kappa shape index (κ1) is 58.7. The van der Waals surface area contributed by atoms with Crippen molar-refractivity contribution >= 4 is 19.8 Å². The molecule has 3 atom stereocenters. The molecule has 0 aliphatic heterocycles. The molecule has 1 heterocycles. The highest BCUT2D eigenvalue weighted by molar-refractivity contribution is 7.45. The summed E-state index contributed by atoms with van der Waals surface area (Å²) in [6.45, 7) is 8.11. The Labute approximate surface area is 387 Å². The lowest BCUT2D eigenvalue weighted by molar-refractivity contribution is -0.870. The van der Waals surface area contributed by atoms with E-state index in [0.717, 1.165) is 88.6 Å². The molecule has 1 rings (SSSR count). The molecule has 0 aliphatic rings. The van der Waals surface area contributed by atoms with Crippen LogP contribution < -0.4 is 4.89 Å². The molecule has 364 valence electrons. The number of carbonyl (C=O) groups excluding carboxylic acids is 2. The van der Waals surface area contributed by atoms with Gasteiger partial charge >= 0.3 is 11.9 Å². The number of unbranched alkanes of at least 4 members (excludes halogenated alkanes) is 9. The number of hydrogen-bond donors (Lipinski definition) is 1. The van der Waals surface area contributed by atoms with Gasteiger partial charge in [0.2, 0.25) is 0 Å². The number of aliphatic hydroxyl groups excluding tert-OH is 1. The molecule has 0 amide bonds. The molecule has 1 aromatic rings. The van der Waals surface area contributed by atoms with Crippen molar-refractivity contribution in [3.05, 3.63) is 95.6 Å². The minimum Gasteiger partial charge on any atom is -0.756 e. The first-order chi connectivity index (χ1) is 30.7. The molecular weight excluding hydrogens is 830 g/mol. The number of allylic oxidation sites excluding steroid dienone is 11. The topological polar surface area (TPSA) is 145 Å². The van der Waals surface area contributed by atoms with Gasteiger partial charge in [-0.15, -0.1) is 0 Å². The number of phosphoric acid groups is 1. The van der Waals surface area contributed by atoms with E-state index in [4.69, 9.17) is 22.9 Å². The van der Waals surface area contributed by atoms with E-state index < -0.39 is 38.6 Å². The monoisotopic (exact) mass is 916 g/mol. The molecule has 12 heteroatoms. The molecule has 0 saturated heterocycles. The zero-order valence-corrected chi connectivity index (χ0v) is 41.7. The number of rotatable bonds is 39. The highest BCUT2D eigenvalue weighted by Gasteiger charge is 2.22. The number of phosphoric ester groups is 1. The van der Waals surface area contributed by atoms with Crippen LogP contribution in [0.2, 0.25) is 0 Å². The fraction of sp³-hybridized carbons (Fsp3) is 0.654. The van der Waals surface area contributed by atoms with Crippen LogP contribution in [0, 0.1) is 13.8 Å². The average molecular weight is 916 g/mol. The van der Waals surface area contributed by atoms with E-state index in [1.807, 2.05) is 33.3 Å². The molecule has 0 spiro atoms. The molecule has 0 saturated carbocycles. The zero-order valence-electron chi connectivity index (χ0n) is 40.8. The Morgan fingerprint density at radius 1 is 0.688 bits per heavy atom. The summed E-state index contributed by atoms with van der Waals surface area (Å²) >= 11 is 0. The maximum absolute atomic E-state index is 12.8. The number of furan rings is 1. The normalized spacial score (nSPS) is 14.6. The van der Waals surface area contributed by atoms with E-state index in [9.17, 15) is 24.2 Å². The molecule has 2 unspecified atom stereocenters. The summed E-state index contributed by atoms with van der Waals surface area (Å²) in [4.78, 5) is 37.8. The number of ether oxygens (including phenoxy) is 2. The van der Waals surface area contributed by atoms with E-state index in [1.165, 1.54) is 43.2 Å². The number of esters is 2. The van der Waals surface area contributed by atoms with Crippen LogP contribution in [0.15, 0.2) is 77.3 Å². The summed E-state index contributed by atoms with van der Waals surface area (Å²) in [5, 5.41) is 10.4. The fourth-order valence-corrected chi connectivity index (χ4v) is 7.20. The largest absolute Gasteiger partial charge is 0.756 e. The number of quaternary nitrogens is 1. The van der Waals surface area contributed by atoms with Gasteiger partial charge in [-0.2, -0.15) is 0 Å². The molecule has 1 aromatic heterocycles. The van der Waals surface area contributed by atoms with Gasteiger partial charge in [-0.1, -0.05) is 138 Å². The van der Waals surface area contributed by atoms with Crippen LogP contribution in [0.3, 0.4) is 0 Å². The number of hydrogen-bond acceptors (Lipinski definition) is 10. The Hall–Kier alpha value is -3.31. The maximum atomic E-state index is 12.8. The molecule has 0 bridgehead atoms. The van der Waals surface area contributed by atoms with Gasteiger partial charge < -0.3 is 37.4 Å². The molecule has 11 nitrogen and oxygen atoms in total. The quantitative estimate of drug-likeness (QED) is 0.0169. The zero-order chi connectivity index (χ0) is 47.3. The van der Waals surface area contributed by atoms with Gasteiger partial charge in [0, 0.05) is 25.7 Å². The molecule has 0 radical (unpaired) electrons. The second-order valence-corrected chi connectivity index (χ2v) is 18.9. The third-order valence-electron chi connectivity index (χ3n) is 10.6. The van der Waals surface area contributed by atoms with Gasteiger partial charge in [-0.05, 0) is 82.8 Å². The minimum atomic E-state index is -4.71. The van der Waals surface area contributed by atoms with Gasteiger partial charge in [-0.25, -0.2) is 0 Å². The number of aryl methyl sites for hydroxylation is 2. The summed E-state index contributed by atoms with van der Waals surface area (Å²) < 4.78 is 40.0. The average Bonchev–Trinajstić information content (AvgIpc) is 3.51. The summed E-state index contributed by atoms with van der Waals surface area (Å²) in [5.74, 6) is 1.17. The maximum Gasteiger partial charge on any atom is 0.306 e. The number of carbonyl (C=O) groups is 2. The van der Waals surface area contributed by atoms with Crippen molar-refractivity contribution in [3.63, 3.8) is 0 Å². The van der Waals surface area contributed by atoms with E-state index >= 15 is 0 Å². The van der Waals surface area contributed by atoms with Crippen molar-refractivity contribution in [2.45, 2.75) is 175 Å². The van der Waals surface area contributed by atoms with E-state index in [2.05, 4.69) is 76.3 Å². The van der Waals surface area contributed by atoms with Crippen LogP contribution in [0.5, 0.6) is 0 Å². The lowest BCUT2D eigenvalue weighted by Gasteiger charge is -2.28. The summed E-state index contributed by atoms with van der Waals surface area (Å²) in [5.41, 5.74) is 2.63. The molecule has 1 N–H and O–H groups in total. The van der Waals surface area contributed by atoms with Crippen LogP contribution in [0.1, 0.15) is 158 Å². The van der Waals surface area contributed by atoms with Crippen LogP contribution in [0.25, 0.3) is 0 Å². The molecule has 0 aromatic carbocycles. The Balaban J connectivity index is 2.43. The smallest absolute Gasteiger partial charge is 0.306 e. The van der Waals surface area contributed by atoms with Gasteiger partial charge in [0.05, 0.1) is 33.9 Å². The third-order valence-corrected chi connectivity index (χ3v) is 11.5. The number of aliphatic hydroxyl groups is 1. The first-order valence-corrected chi connectivity index (χ1v) is 25.6. The summed E-state index contributed by atoms with van der Waals surface area (Å²) in [6.07, 6.45) is 40.9. The van der Waals surface area contributed by atoms with Crippen molar-refractivity contribution in [1.29, 1.82) is 0 Å². The van der Waals surface area contributed by atoms with E-state index in [0.29, 0.717) is 17.4 Å². The SMILES string of the molecule is CC/C=C\C/C=C\C/C=C\C/C=C\C/C=C\C=C/C(O)CCC(=O)O[C@H](COC(=O)CCCCCCCCCCc1oc(CCCCC)c(C)c1C)COP(=O)([O-])OCC[N+](C)(C)C. The number of likely N-dealkylation sites (N-methyl/N-ethyl adjacent to an activating group) is 1. The second-order valence-electron chi connectivity index (χ2n) is 17.5. The van der Waals surface area contributed by atoms with Gasteiger partial charge in [-0.3, -0.25) is 14.2 Å². The van der Waals surface area contributed by atoms with Crippen molar-refractivity contribution in [1.82, 2.24) is 0 Å². The van der Waals surface area contributed by atoms with Crippen molar-refractivity contribution < 1.29 is 51.6 Å². The van der Waals surface area contributed by atoms with Gasteiger partial charge in [0.15, 0.2) is 6.10 Å². The predicted octanol–water partition coefficient (Wildman–Crippen LogP) is 11.8. The molecule has 0 fully saturated rings. The Bertz CT molecular complexity index is 1620. The standard InChI is InChI=1S/C52H86NO10P/c1-8-10-12-13-14-15-16-17-18-19-20-21-22-25-28-32-35-47(54)39-40-52(56)62-48(44-61-64(57,58)60-42-41-53(5,6)7)43-59-51(55)38-34-30-27-24-23-26-29-33-37-50-46(4)45(3)49(63-50)36-31-11-9-2/h10,12,14-15,17-18,20-21,25,28,32,35,47-48,54H,8-9,11,13,16,19,22-24,26-27,29-31,33-34,36-44H2,1-7H3/b12-10-,15-14-,18-17-,21-20-,28-25-,35-32-/t47?,48-/m1/s1. The van der Waals surface area contributed by atoms with Crippen molar-refractivity contribution in [3.8, 4) is 0 Å². The fourth-order valence-electron chi connectivity index (χ4n) is 6.47. The third kappa shape index (κ3) is 33.2. The van der Waals surface area contributed by atoms with Crippen molar-refractivity contribution in [2.75, 3.05) is 47.5 Å². The lowest BCUT2D eigenvalue weighted by Crippen LogP contribution is -2.37. The van der Waals surface area contributed by atoms with Crippen LogP contribution in [-0.2, 0) is 45.5 Å². The lowest BCUT2D eigenvalue weighted by atomic mass is 10.0. The molecule has 0 aliphatic carbocycles. The Morgan fingerprint density at radius 3 is 1.78 bits per heavy atom. The van der Waals surface area contributed by atoms with Crippen LogP contribution in [-0.4, -0.2) is 81.2 Å². The highest BCUT2D eigenvalue weighted by atomic mass is 31.2. The summed E-state index contributed by atoms with van der Waals surface area (Å²) in [6, 6.07) is 0. The van der Waals surface area contributed by atoms with Crippen LogP contribution in [0.4, 0.5) is 0 Å². The summed E-state index contributed by atoms with van der Waals surface area (Å²) in [7, 11) is 0.990. The molecular formula is C52H86NO10P. The minimum absolute atomic E-state index is 0.0833. The Morgan fingerprint density at radius 2 is 1.22 bits per heavy atom. The van der Waals surface area contributed by atoms with Gasteiger partial charge in [0.25, 0.3) is 7.82 Å².